The van der Waals surface area contributed by atoms with Crippen LogP contribution in [0.15, 0.2) is 0 Å². The van der Waals surface area contributed by atoms with E-state index in [0.29, 0.717) is 32.9 Å². The average Bonchev–Trinajstić information content (AvgIpc) is 2.70. The van der Waals surface area contributed by atoms with Crippen LogP contribution in [0.5, 0.6) is 0 Å². The summed E-state index contributed by atoms with van der Waals surface area (Å²) in [4.78, 5) is 16.1. The molecule has 0 spiro atoms. The Hall–Kier alpha value is -0.730. The van der Waals surface area contributed by atoms with Crippen LogP contribution in [0.1, 0.15) is 34.6 Å². The van der Waals surface area contributed by atoms with Gasteiger partial charge in [0.15, 0.2) is 0 Å². The number of carbonyl (C=O) groups is 1. The fourth-order valence-corrected chi connectivity index (χ4v) is 2.33. The van der Waals surface area contributed by atoms with Crippen LogP contribution in [0, 0.1) is 0 Å². The van der Waals surface area contributed by atoms with Crippen molar-refractivity contribution in [3.63, 3.8) is 0 Å². The number of nitrogens with zero attached hydrogens (tertiary/aromatic N) is 2. The summed E-state index contributed by atoms with van der Waals surface area (Å²) >= 11 is 0. The zero-order valence-corrected chi connectivity index (χ0v) is 18.1. The van der Waals surface area contributed by atoms with Crippen molar-refractivity contribution in [3.05, 3.63) is 0 Å². The molecule has 7 nitrogen and oxygen atoms in total. The summed E-state index contributed by atoms with van der Waals surface area (Å²) in [6, 6.07) is 0. The van der Waals surface area contributed by atoms with Gasteiger partial charge in [-0.05, 0) is 13.6 Å². The lowest BCUT2D eigenvalue weighted by atomic mass is 10.3. The van der Waals surface area contributed by atoms with Gasteiger partial charge in [-0.25, -0.2) is 0 Å². The lowest BCUT2D eigenvalue weighted by molar-refractivity contribution is -0.120. The highest BCUT2D eigenvalue weighted by atomic mass is 16.5. The van der Waals surface area contributed by atoms with Crippen molar-refractivity contribution < 1.29 is 14.3 Å². The van der Waals surface area contributed by atoms with Crippen LogP contribution in [0.3, 0.4) is 0 Å². The third-order valence-electron chi connectivity index (χ3n) is 3.74. The Morgan fingerprint density at radius 3 is 1.96 bits per heavy atom. The smallest absolute Gasteiger partial charge is 0.234 e. The summed E-state index contributed by atoms with van der Waals surface area (Å²) in [5.74, 6) is -0.00878. The van der Waals surface area contributed by atoms with E-state index in [-0.39, 0.29) is 5.91 Å². The number of ether oxygens (including phenoxy) is 2. The van der Waals surface area contributed by atoms with Crippen LogP contribution >= 0.6 is 0 Å². The standard InChI is InChI=1S/C15H32N4O3.2C2H6/c1-3-18-5-7-19(8-6-18)9-11-22-13-12-21-10-4-17-15(20)14-16-2;2*1-2/h16H,3-14H2,1-2H3,(H,17,20);2*1-2H3. The van der Waals surface area contributed by atoms with E-state index < -0.39 is 0 Å². The minimum atomic E-state index is -0.00878. The summed E-state index contributed by atoms with van der Waals surface area (Å²) in [7, 11) is 1.75. The molecule has 7 heteroatoms. The summed E-state index contributed by atoms with van der Waals surface area (Å²) in [5.41, 5.74) is 0. The van der Waals surface area contributed by atoms with Crippen LogP contribution < -0.4 is 10.6 Å². The Kier molecular flexibility index (Phi) is 23.6. The molecule has 1 fully saturated rings. The number of likely N-dealkylation sites (N-methyl/N-ethyl adjacent to an activating group) is 2. The monoisotopic (exact) mass is 376 g/mol. The first kappa shape index (κ1) is 27.5. The summed E-state index contributed by atoms with van der Waals surface area (Å²) in [6.07, 6.45) is 0. The Morgan fingerprint density at radius 1 is 0.885 bits per heavy atom. The molecule has 0 aliphatic carbocycles. The number of amides is 1. The second kappa shape index (κ2) is 22.3. The first-order chi connectivity index (χ1) is 12.8. The Labute approximate surface area is 161 Å². The van der Waals surface area contributed by atoms with E-state index in [0.717, 1.165) is 32.8 Å². The molecule has 0 aromatic heterocycles. The predicted molar refractivity (Wildman–Crippen MR) is 110 cm³/mol. The lowest BCUT2D eigenvalue weighted by Gasteiger charge is -2.33. The maximum Gasteiger partial charge on any atom is 0.234 e. The molecule has 1 heterocycles. The first-order valence-corrected chi connectivity index (χ1v) is 10.3. The first-order valence-electron chi connectivity index (χ1n) is 10.3. The van der Waals surface area contributed by atoms with Gasteiger partial charge in [-0.3, -0.25) is 9.69 Å². The van der Waals surface area contributed by atoms with E-state index in [1.807, 2.05) is 27.7 Å². The van der Waals surface area contributed by atoms with E-state index in [1.54, 1.807) is 7.05 Å². The fraction of sp³-hybridized carbons (Fsp3) is 0.947. The number of carbonyl (C=O) groups excluding carboxylic acids is 1. The molecule has 1 aliphatic heterocycles. The number of piperazine rings is 1. The van der Waals surface area contributed by atoms with Crippen molar-refractivity contribution in [3.8, 4) is 0 Å². The third-order valence-corrected chi connectivity index (χ3v) is 3.74. The van der Waals surface area contributed by atoms with Gasteiger partial charge in [0.1, 0.15) is 0 Å². The molecule has 0 aromatic rings. The highest BCUT2D eigenvalue weighted by Gasteiger charge is 2.14. The maximum atomic E-state index is 11.1. The number of hydrogen-bond acceptors (Lipinski definition) is 6. The van der Waals surface area contributed by atoms with Gasteiger partial charge < -0.3 is 25.0 Å². The maximum absolute atomic E-state index is 11.1. The van der Waals surface area contributed by atoms with E-state index in [2.05, 4.69) is 27.4 Å². The highest BCUT2D eigenvalue weighted by Crippen LogP contribution is 2.00. The van der Waals surface area contributed by atoms with Crippen LogP contribution in [-0.4, -0.2) is 102 Å². The van der Waals surface area contributed by atoms with Crippen molar-refractivity contribution in [1.82, 2.24) is 20.4 Å². The fourth-order valence-electron chi connectivity index (χ4n) is 2.33. The van der Waals surface area contributed by atoms with Crippen LogP contribution in [0.25, 0.3) is 0 Å². The van der Waals surface area contributed by atoms with Gasteiger partial charge in [-0.1, -0.05) is 34.6 Å². The highest BCUT2D eigenvalue weighted by molar-refractivity contribution is 5.77. The molecular weight excluding hydrogens is 332 g/mol. The zero-order valence-electron chi connectivity index (χ0n) is 18.1. The van der Waals surface area contributed by atoms with Gasteiger partial charge in [0.25, 0.3) is 0 Å². The van der Waals surface area contributed by atoms with Crippen LogP contribution in [0.2, 0.25) is 0 Å². The molecule has 1 amide bonds. The van der Waals surface area contributed by atoms with E-state index in [1.165, 1.54) is 13.1 Å². The molecule has 0 radical (unpaired) electrons. The van der Waals surface area contributed by atoms with Crippen molar-refractivity contribution in [2.45, 2.75) is 34.6 Å². The SMILES string of the molecule is CC.CC.CCN1CCN(CCOCCOCCNC(=O)CNC)CC1. The van der Waals surface area contributed by atoms with Crippen molar-refractivity contribution in [1.29, 1.82) is 0 Å². The van der Waals surface area contributed by atoms with Gasteiger partial charge >= 0.3 is 0 Å². The quantitative estimate of drug-likeness (QED) is 0.496. The number of nitrogens with one attached hydrogen (secondary N) is 2. The molecule has 158 valence electrons. The Balaban J connectivity index is 0. The van der Waals surface area contributed by atoms with Crippen LogP contribution in [0.4, 0.5) is 0 Å². The molecule has 0 unspecified atom stereocenters. The number of rotatable bonds is 12. The Bertz CT molecular complexity index is 286. The molecule has 0 aromatic carbocycles. The number of hydrogen-bond donors (Lipinski definition) is 2. The van der Waals surface area contributed by atoms with Gasteiger partial charge in [0.2, 0.25) is 5.91 Å². The molecular formula is C19H44N4O3. The van der Waals surface area contributed by atoms with Crippen molar-refractivity contribution >= 4 is 5.91 Å². The predicted octanol–water partition coefficient (Wildman–Crippen LogP) is 1.05. The normalized spacial score (nSPS) is 14.7. The van der Waals surface area contributed by atoms with Crippen molar-refractivity contribution in [2.24, 2.45) is 0 Å². The van der Waals surface area contributed by atoms with Crippen molar-refractivity contribution in [2.75, 3.05) is 85.8 Å². The average molecular weight is 377 g/mol. The van der Waals surface area contributed by atoms with Crippen LogP contribution in [-0.2, 0) is 14.3 Å². The second-order valence-corrected chi connectivity index (χ2v) is 5.38. The molecule has 26 heavy (non-hydrogen) atoms. The molecule has 1 aliphatic rings. The van der Waals surface area contributed by atoms with Gasteiger partial charge in [-0.2, -0.15) is 0 Å². The minimum Gasteiger partial charge on any atom is -0.378 e. The molecule has 1 rings (SSSR count). The summed E-state index contributed by atoms with van der Waals surface area (Å²) < 4.78 is 11.0. The van der Waals surface area contributed by atoms with Gasteiger partial charge in [0, 0.05) is 39.3 Å². The zero-order chi connectivity index (χ0) is 20.0. The van der Waals surface area contributed by atoms with E-state index in [4.69, 9.17) is 9.47 Å². The van der Waals surface area contributed by atoms with E-state index >= 15 is 0 Å². The lowest BCUT2D eigenvalue weighted by Crippen LogP contribution is -2.47. The largest absolute Gasteiger partial charge is 0.378 e. The van der Waals surface area contributed by atoms with Gasteiger partial charge in [0.05, 0.1) is 33.0 Å². The van der Waals surface area contributed by atoms with E-state index in [9.17, 15) is 4.79 Å². The summed E-state index contributed by atoms with van der Waals surface area (Å²) in [5, 5.41) is 5.55. The minimum absolute atomic E-state index is 0.00878. The Morgan fingerprint density at radius 2 is 1.42 bits per heavy atom. The molecule has 1 saturated heterocycles. The summed E-state index contributed by atoms with van der Waals surface area (Å²) in [6.45, 7) is 20.3. The molecule has 0 bridgehead atoms. The topological polar surface area (TPSA) is 66.1 Å². The second-order valence-electron chi connectivity index (χ2n) is 5.38. The third kappa shape index (κ3) is 16.7. The molecule has 0 atom stereocenters. The van der Waals surface area contributed by atoms with Gasteiger partial charge in [-0.15, -0.1) is 0 Å². The molecule has 2 N–H and O–H groups in total. The molecule has 0 saturated carbocycles.